The number of nitrogens with zero attached hydrogens (tertiary/aromatic N) is 2. The molecule has 2 N–H and O–H groups in total. The van der Waals surface area contributed by atoms with Crippen LogP contribution < -0.4 is 14.8 Å². The summed E-state index contributed by atoms with van der Waals surface area (Å²) in [7, 11) is 0. The van der Waals surface area contributed by atoms with Crippen molar-refractivity contribution in [1.82, 2.24) is 9.88 Å². The van der Waals surface area contributed by atoms with Gasteiger partial charge in [0.2, 0.25) is 0 Å². The molecule has 1 aromatic heterocycles. The maximum Gasteiger partial charge on any atom is 0.329 e. The number of halogens is 1. The number of carboxylic acids is 1. The van der Waals surface area contributed by atoms with Gasteiger partial charge in [-0.05, 0) is 134 Å². The first-order valence-corrected chi connectivity index (χ1v) is 20.0. The second kappa shape index (κ2) is 15.0. The quantitative estimate of drug-likeness (QED) is 0.150. The molecule has 0 unspecified atom stereocenters. The lowest BCUT2D eigenvalue weighted by Gasteiger charge is -2.47. The number of rotatable bonds is 12. The number of hydrogen-bond acceptors (Lipinski definition) is 6. The molecule has 53 heavy (non-hydrogen) atoms. The van der Waals surface area contributed by atoms with Gasteiger partial charge in [-0.1, -0.05) is 67.9 Å². The number of pyridine rings is 1. The van der Waals surface area contributed by atoms with E-state index in [0.717, 1.165) is 68.9 Å². The minimum atomic E-state index is -1.06. The molecule has 1 saturated heterocycles. The molecule has 1 spiro atoms. The van der Waals surface area contributed by atoms with Gasteiger partial charge in [-0.25, -0.2) is 4.79 Å². The highest BCUT2D eigenvalue weighted by Gasteiger charge is 2.54. The summed E-state index contributed by atoms with van der Waals surface area (Å²) in [5.41, 5.74) is 6.09. The Morgan fingerprint density at radius 2 is 1.85 bits per heavy atom. The standard InChI is InChI=1S/C45H52ClN3O4/c1-30(29-52-41-16-21-47-40-13-6-8-31(2)42(40)41)22-34-23-33-14-15-37(53-38-27-49(28-38)26-32-9-4-3-5-10-32)25-39(33)44(34)17-19-45(20-18-44,43(50)51)48-36-12-7-11-35(46)24-36/h3-5,7,9-12,14-16,21,24-25,30-31,34,38,48H,6,8,13,17-20,22-23,26-29H2,1-2H3,(H,50,51)/t30-,31-,34-,44?,45?/m1/s1. The second-order valence-corrected chi connectivity index (χ2v) is 16.9. The first-order chi connectivity index (χ1) is 25.7. The Morgan fingerprint density at radius 3 is 2.62 bits per heavy atom. The van der Waals surface area contributed by atoms with Crippen LogP contribution in [0.25, 0.3) is 0 Å². The van der Waals surface area contributed by atoms with E-state index in [1.807, 2.05) is 36.5 Å². The topological polar surface area (TPSA) is 83.9 Å². The van der Waals surface area contributed by atoms with Crippen molar-refractivity contribution in [2.45, 2.75) is 101 Å². The molecule has 4 aliphatic rings. The number of carboxylic acid groups (broad SMARTS) is 1. The highest BCUT2D eigenvalue weighted by molar-refractivity contribution is 6.30. The number of hydrogen-bond donors (Lipinski definition) is 2. The van der Waals surface area contributed by atoms with E-state index in [2.05, 4.69) is 77.6 Å². The predicted octanol–water partition coefficient (Wildman–Crippen LogP) is 9.46. The van der Waals surface area contributed by atoms with Gasteiger partial charge in [-0.15, -0.1) is 0 Å². The SMILES string of the molecule is C[C@@H](COc1ccnc2c1[C@H](C)CCC2)C[C@@H]1Cc2ccc(OC3CN(Cc4ccccc4)C3)cc2C12CCC(Nc1cccc(Cl)c1)(C(=O)O)CC2. The maximum atomic E-state index is 13.0. The molecule has 0 amide bonds. The fourth-order valence-electron chi connectivity index (χ4n) is 9.91. The van der Waals surface area contributed by atoms with Gasteiger partial charge >= 0.3 is 5.97 Å². The third kappa shape index (κ3) is 7.40. The average Bonchev–Trinajstić information content (AvgIpc) is 3.42. The number of carbonyl (C=O) groups is 1. The number of aliphatic carboxylic acids is 1. The van der Waals surface area contributed by atoms with Crippen molar-refractivity contribution in [2.24, 2.45) is 11.8 Å². The van der Waals surface area contributed by atoms with E-state index in [4.69, 9.17) is 21.1 Å². The predicted molar refractivity (Wildman–Crippen MR) is 210 cm³/mol. The van der Waals surface area contributed by atoms with Gasteiger partial charge in [-0.3, -0.25) is 9.88 Å². The molecule has 2 fully saturated rings. The summed E-state index contributed by atoms with van der Waals surface area (Å²) in [4.78, 5) is 20.1. The minimum absolute atomic E-state index is 0.138. The molecule has 0 radical (unpaired) electrons. The number of benzene rings is 3. The molecule has 278 valence electrons. The van der Waals surface area contributed by atoms with Crippen LogP contribution >= 0.6 is 11.6 Å². The Hall–Kier alpha value is -4.07. The molecule has 7 nitrogen and oxygen atoms in total. The largest absolute Gasteiger partial charge is 0.493 e. The summed E-state index contributed by atoms with van der Waals surface area (Å²) in [6.07, 6.45) is 10.1. The van der Waals surface area contributed by atoms with Crippen molar-refractivity contribution in [3.05, 3.63) is 118 Å². The summed E-state index contributed by atoms with van der Waals surface area (Å²) < 4.78 is 13.2. The zero-order chi connectivity index (χ0) is 36.6. The lowest BCUT2D eigenvalue weighted by Crippen LogP contribution is -2.53. The van der Waals surface area contributed by atoms with Crippen LogP contribution in [0.5, 0.6) is 11.5 Å². The smallest absolute Gasteiger partial charge is 0.329 e. The van der Waals surface area contributed by atoms with E-state index >= 15 is 0 Å². The molecule has 2 heterocycles. The van der Waals surface area contributed by atoms with Gasteiger partial charge < -0.3 is 19.9 Å². The number of likely N-dealkylation sites (tertiary alicyclic amines) is 1. The molecule has 1 aliphatic heterocycles. The molecule has 3 aromatic carbocycles. The molecule has 1 saturated carbocycles. The van der Waals surface area contributed by atoms with Crippen LogP contribution in [0.2, 0.25) is 5.02 Å². The van der Waals surface area contributed by atoms with Crippen LogP contribution in [0.15, 0.2) is 85.1 Å². The van der Waals surface area contributed by atoms with Crippen molar-refractivity contribution < 1.29 is 19.4 Å². The van der Waals surface area contributed by atoms with Crippen molar-refractivity contribution in [3.8, 4) is 11.5 Å². The Balaban J connectivity index is 1.01. The van der Waals surface area contributed by atoms with Gasteiger partial charge in [0.15, 0.2) is 0 Å². The normalized spacial score (nSPS) is 25.9. The summed E-state index contributed by atoms with van der Waals surface area (Å²) in [5.74, 6) is 2.28. The number of fused-ring (bicyclic) bond motifs is 3. The van der Waals surface area contributed by atoms with Gasteiger partial charge in [0.25, 0.3) is 0 Å². The Bertz CT molecular complexity index is 1920. The Morgan fingerprint density at radius 1 is 1.04 bits per heavy atom. The third-order valence-electron chi connectivity index (χ3n) is 12.7. The van der Waals surface area contributed by atoms with Crippen molar-refractivity contribution in [2.75, 3.05) is 25.0 Å². The maximum absolute atomic E-state index is 13.0. The lowest BCUT2D eigenvalue weighted by molar-refractivity contribution is -0.144. The van der Waals surface area contributed by atoms with Gasteiger partial charge in [0, 0.05) is 47.8 Å². The fourth-order valence-corrected chi connectivity index (χ4v) is 10.1. The lowest BCUT2D eigenvalue weighted by atomic mass is 9.59. The summed E-state index contributed by atoms with van der Waals surface area (Å²) >= 11 is 6.31. The van der Waals surface area contributed by atoms with E-state index < -0.39 is 11.5 Å². The first-order valence-electron chi connectivity index (χ1n) is 19.6. The Labute approximate surface area is 319 Å². The number of anilines is 1. The number of nitrogens with one attached hydrogen (secondary N) is 1. The minimum Gasteiger partial charge on any atom is -0.493 e. The zero-order valence-corrected chi connectivity index (χ0v) is 31.8. The number of aromatic nitrogens is 1. The van der Waals surface area contributed by atoms with Crippen molar-refractivity contribution >= 4 is 23.3 Å². The Kier molecular flexibility index (Phi) is 10.2. The van der Waals surface area contributed by atoms with Crippen LogP contribution in [0.3, 0.4) is 0 Å². The van der Waals surface area contributed by atoms with Gasteiger partial charge in [0.1, 0.15) is 23.1 Å². The van der Waals surface area contributed by atoms with Gasteiger partial charge in [-0.2, -0.15) is 0 Å². The van der Waals surface area contributed by atoms with Gasteiger partial charge in [0.05, 0.1) is 6.61 Å². The van der Waals surface area contributed by atoms with Crippen molar-refractivity contribution in [3.63, 3.8) is 0 Å². The van der Waals surface area contributed by atoms with E-state index in [0.29, 0.717) is 42.2 Å². The van der Waals surface area contributed by atoms with Crippen LogP contribution in [0, 0.1) is 11.8 Å². The molecular formula is C45H52ClN3O4. The molecule has 4 aromatic rings. The molecule has 8 heteroatoms. The van der Waals surface area contributed by atoms with E-state index in [9.17, 15) is 9.90 Å². The zero-order valence-electron chi connectivity index (χ0n) is 31.0. The van der Waals surface area contributed by atoms with E-state index in [-0.39, 0.29) is 11.5 Å². The van der Waals surface area contributed by atoms with Crippen molar-refractivity contribution in [1.29, 1.82) is 0 Å². The monoisotopic (exact) mass is 733 g/mol. The highest BCUT2D eigenvalue weighted by atomic mass is 35.5. The number of ether oxygens (including phenoxy) is 2. The van der Waals surface area contributed by atoms with Crippen LogP contribution in [-0.4, -0.2) is 52.3 Å². The molecule has 3 aliphatic carbocycles. The van der Waals surface area contributed by atoms with E-state index in [1.165, 1.54) is 40.8 Å². The molecule has 0 bridgehead atoms. The second-order valence-electron chi connectivity index (χ2n) is 16.4. The molecule has 8 rings (SSSR count). The van der Waals surface area contributed by atoms with E-state index in [1.54, 1.807) is 0 Å². The first kappa shape index (κ1) is 35.9. The summed E-state index contributed by atoms with van der Waals surface area (Å²) in [6.45, 7) is 8.01. The molecular weight excluding hydrogens is 682 g/mol. The number of aryl methyl sites for hydroxylation is 1. The summed E-state index contributed by atoms with van der Waals surface area (Å²) in [6, 6.07) is 26.8. The highest BCUT2D eigenvalue weighted by Crippen LogP contribution is 2.57. The summed E-state index contributed by atoms with van der Waals surface area (Å²) in [5, 5.41) is 14.7. The van der Waals surface area contributed by atoms with Crippen LogP contribution in [0.1, 0.15) is 92.7 Å². The van der Waals surface area contributed by atoms with Crippen LogP contribution in [0.4, 0.5) is 5.69 Å². The molecule has 3 atom stereocenters. The average molecular weight is 734 g/mol. The van der Waals surface area contributed by atoms with Crippen LogP contribution in [-0.2, 0) is 29.6 Å². The fraction of sp³-hybridized carbons (Fsp3) is 0.467. The third-order valence-corrected chi connectivity index (χ3v) is 13.0.